The van der Waals surface area contributed by atoms with Crippen molar-refractivity contribution < 1.29 is 14.3 Å². The third kappa shape index (κ3) is 4.36. The number of para-hydroxylation sites is 1. The lowest BCUT2D eigenvalue weighted by Gasteiger charge is -2.29. The van der Waals surface area contributed by atoms with Gasteiger partial charge in [0.15, 0.2) is 5.82 Å². The Hall–Kier alpha value is -4.14. The highest BCUT2D eigenvalue weighted by Crippen LogP contribution is 2.30. The summed E-state index contributed by atoms with van der Waals surface area (Å²) in [7, 11) is 1.56. The first-order chi connectivity index (χ1) is 16.6. The molecule has 174 valence electrons. The van der Waals surface area contributed by atoms with Crippen molar-refractivity contribution in [1.29, 1.82) is 0 Å². The van der Waals surface area contributed by atoms with Crippen LogP contribution in [0.2, 0.25) is 0 Å². The molecule has 1 amide bonds. The number of carbonyl (C=O) groups is 1. The summed E-state index contributed by atoms with van der Waals surface area (Å²) in [6.45, 7) is 0. The fraction of sp³-hybridized carbons (Fsp3) is 0.280. The molecule has 3 heterocycles. The van der Waals surface area contributed by atoms with Gasteiger partial charge in [-0.05, 0) is 49.9 Å². The number of pyridine rings is 1. The maximum absolute atomic E-state index is 13.3. The summed E-state index contributed by atoms with van der Waals surface area (Å²) < 4.78 is 13.0. The molecular weight excluding hydrogens is 432 g/mol. The van der Waals surface area contributed by atoms with E-state index in [4.69, 9.17) is 15.2 Å². The number of hydrogen-bond acceptors (Lipinski definition) is 7. The summed E-state index contributed by atoms with van der Waals surface area (Å²) in [5.41, 5.74) is 8.58. The number of amides is 1. The van der Waals surface area contributed by atoms with E-state index in [1.165, 1.54) is 6.33 Å². The topological polar surface area (TPSA) is 117 Å². The Balaban J connectivity index is 1.34. The molecule has 0 bridgehead atoms. The molecule has 5 rings (SSSR count). The van der Waals surface area contributed by atoms with Crippen molar-refractivity contribution in [2.45, 2.75) is 37.8 Å². The van der Waals surface area contributed by atoms with Crippen LogP contribution in [0.3, 0.4) is 0 Å². The van der Waals surface area contributed by atoms with Crippen LogP contribution < -0.4 is 20.5 Å². The highest BCUT2D eigenvalue weighted by atomic mass is 16.5. The zero-order valence-electron chi connectivity index (χ0n) is 18.8. The van der Waals surface area contributed by atoms with Crippen LogP contribution in [0.1, 0.15) is 36.0 Å². The number of aromatic nitrogens is 4. The van der Waals surface area contributed by atoms with Crippen LogP contribution >= 0.6 is 0 Å². The van der Waals surface area contributed by atoms with Crippen LogP contribution in [0.25, 0.3) is 16.8 Å². The van der Waals surface area contributed by atoms with E-state index in [9.17, 15) is 4.79 Å². The summed E-state index contributed by atoms with van der Waals surface area (Å²) in [5, 5.41) is 7.51. The van der Waals surface area contributed by atoms with E-state index < -0.39 is 0 Å². The van der Waals surface area contributed by atoms with Gasteiger partial charge in [0.05, 0.1) is 24.5 Å². The van der Waals surface area contributed by atoms with Crippen LogP contribution in [0.5, 0.6) is 11.6 Å². The van der Waals surface area contributed by atoms with Crippen LogP contribution in [-0.2, 0) is 0 Å². The molecule has 9 heteroatoms. The first-order valence-electron chi connectivity index (χ1n) is 11.3. The number of rotatable bonds is 6. The Morgan fingerprint density at radius 2 is 1.88 bits per heavy atom. The van der Waals surface area contributed by atoms with E-state index in [-0.39, 0.29) is 23.9 Å². The molecule has 3 N–H and O–H groups in total. The van der Waals surface area contributed by atoms with E-state index in [0.29, 0.717) is 22.7 Å². The van der Waals surface area contributed by atoms with Gasteiger partial charge in [0.2, 0.25) is 5.88 Å². The van der Waals surface area contributed by atoms with Gasteiger partial charge in [0.25, 0.3) is 5.91 Å². The van der Waals surface area contributed by atoms with Gasteiger partial charge >= 0.3 is 0 Å². The Kier molecular flexibility index (Phi) is 5.99. The molecule has 1 aliphatic rings. The number of benzene rings is 1. The molecule has 0 radical (unpaired) electrons. The number of anilines is 1. The smallest absolute Gasteiger partial charge is 0.253 e. The predicted molar refractivity (Wildman–Crippen MR) is 128 cm³/mol. The third-order valence-electron chi connectivity index (χ3n) is 6.12. The van der Waals surface area contributed by atoms with Crippen LogP contribution in [-0.4, -0.2) is 44.7 Å². The molecule has 0 unspecified atom stereocenters. The lowest BCUT2D eigenvalue weighted by molar-refractivity contribution is 0.0895. The monoisotopic (exact) mass is 458 g/mol. The zero-order chi connectivity index (χ0) is 23.5. The highest BCUT2D eigenvalue weighted by molar-refractivity contribution is 6.05. The Bertz CT molecular complexity index is 1300. The highest BCUT2D eigenvalue weighted by Gasteiger charge is 2.26. The summed E-state index contributed by atoms with van der Waals surface area (Å²) in [5.74, 6) is 1.40. The average Bonchev–Trinajstić information content (AvgIpc) is 3.27. The molecular formula is C25H26N6O3. The van der Waals surface area contributed by atoms with E-state index >= 15 is 0 Å². The third-order valence-corrected chi connectivity index (χ3v) is 6.12. The summed E-state index contributed by atoms with van der Waals surface area (Å²) in [6.07, 6.45) is 6.62. The normalized spacial score (nSPS) is 17.9. The largest absolute Gasteiger partial charge is 0.490 e. The van der Waals surface area contributed by atoms with Gasteiger partial charge < -0.3 is 20.5 Å². The molecule has 4 aromatic rings. The van der Waals surface area contributed by atoms with Gasteiger partial charge in [0.1, 0.15) is 17.6 Å². The Morgan fingerprint density at radius 3 is 2.65 bits per heavy atom. The number of fused-ring (bicyclic) bond motifs is 1. The SMILES string of the molecule is COc1cc(-c2cc(C(=O)N[C@H]3CC[C@H](Oc4ccccc4)CC3)c3c(N)ncnn23)ccn1. The number of nitrogen functional groups attached to an aromatic ring is 1. The van der Waals surface area contributed by atoms with Crippen LogP contribution in [0.15, 0.2) is 61.1 Å². The van der Waals surface area contributed by atoms with Crippen molar-refractivity contribution in [2.24, 2.45) is 0 Å². The van der Waals surface area contributed by atoms with Crippen LogP contribution in [0, 0.1) is 0 Å². The van der Waals surface area contributed by atoms with E-state index in [0.717, 1.165) is 37.0 Å². The van der Waals surface area contributed by atoms with Gasteiger partial charge in [-0.2, -0.15) is 5.10 Å². The van der Waals surface area contributed by atoms with Gasteiger partial charge in [-0.25, -0.2) is 14.5 Å². The minimum absolute atomic E-state index is 0.0633. The second-order valence-corrected chi connectivity index (χ2v) is 8.31. The van der Waals surface area contributed by atoms with Gasteiger partial charge in [-0.3, -0.25) is 4.79 Å². The number of carbonyl (C=O) groups excluding carboxylic acids is 1. The molecule has 3 aromatic heterocycles. The Labute approximate surface area is 196 Å². The fourth-order valence-electron chi connectivity index (χ4n) is 4.41. The molecule has 1 aliphatic carbocycles. The zero-order valence-corrected chi connectivity index (χ0v) is 18.8. The summed E-state index contributed by atoms with van der Waals surface area (Å²) in [4.78, 5) is 21.6. The van der Waals surface area contributed by atoms with E-state index in [1.54, 1.807) is 30.0 Å². The molecule has 0 saturated heterocycles. The van der Waals surface area contributed by atoms with Crippen molar-refractivity contribution in [3.05, 3.63) is 66.6 Å². The van der Waals surface area contributed by atoms with Crippen molar-refractivity contribution in [3.8, 4) is 22.9 Å². The maximum Gasteiger partial charge on any atom is 0.253 e. The van der Waals surface area contributed by atoms with Crippen molar-refractivity contribution in [2.75, 3.05) is 12.8 Å². The molecule has 34 heavy (non-hydrogen) atoms. The molecule has 1 saturated carbocycles. The minimum atomic E-state index is -0.196. The fourth-order valence-corrected chi connectivity index (χ4v) is 4.41. The molecule has 9 nitrogen and oxygen atoms in total. The average molecular weight is 459 g/mol. The molecule has 1 aromatic carbocycles. The maximum atomic E-state index is 13.3. The summed E-state index contributed by atoms with van der Waals surface area (Å²) >= 11 is 0. The van der Waals surface area contributed by atoms with Crippen molar-refractivity contribution in [3.63, 3.8) is 0 Å². The van der Waals surface area contributed by atoms with Gasteiger partial charge in [0, 0.05) is 23.9 Å². The van der Waals surface area contributed by atoms with Crippen LogP contribution in [0.4, 0.5) is 5.82 Å². The second kappa shape index (κ2) is 9.38. The standard InChI is InChI=1S/C25H26N6O3/c1-33-22-13-16(11-12-27-22)21-14-20(23-24(26)28-15-29-31(21)23)25(32)30-17-7-9-19(10-8-17)34-18-5-3-2-4-6-18/h2-6,11-15,17,19H,7-10H2,1H3,(H,30,32)(H2,26,28,29)/t17-,19-. The first kappa shape index (κ1) is 21.7. The van der Waals surface area contributed by atoms with Gasteiger partial charge in [-0.1, -0.05) is 18.2 Å². The van der Waals surface area contributed by atoms with Gasteiger partial charge in [-0.15, -0.1) is 0 Å². The molecule has 0 spiro atoms. The predicted octanol–water partition coefficient (Wildman–Crippen LogP) is 3.50. The first-order valence-corrected chi connectivity index (χ1v) is 11.3. The number of ether oxygens (including phenoxy) is 2. The minimum Gasteiger partial charge on any atom is -0.490 e. The molecule has 1 fully saturated rings. The second-order valence-electron chi connectivity index (χ2n) is 8.31. The Morgan fingerprint density at radius 1 is 1.09 bits per heavy atom. The van der Waals surface area contributed by atoms with E-state index in [2.05, 4.69) is 20.4 Å². The number of nitrogens with two attached hydrogens (primary N) is 1. The molecule has 0 atom stereocenters. The number of methoxy groups -OCH3 is 1. The van der Waals surface area contributed by atoms with Crippen molar-refractivity contribution in [1.82, 2.24) is 24.9 Å². The lowest BCUT2D eigenvalue weighted by Crippen LogP contribution is -2.39. The van der Waals surface area contributed by atoms with Crippen molar-refractivity contribution >= 4 is 17.2 Å². The number of nitrogens with one attached hydrogen (secondary N) is 1. The lowest BCUT2D eigenvalue weighted by atomic mass is 9.92. The van der Waals surface area contributed by atoms with E-state index in [1.807, 2.05) is 36.4 Å². The molecule has 0 aliphatic heterocycles. The number of nitrogens with zero attached hydrogens (tertiary/aromatic N) is 4. The number of hydrogen-bond donors (Lipinski definition) is 2. The summed E-state index contributed by atoms with van der Waals surface area (Å²) in [6, 6.07) is 15.3. The quantitative estimate of drug-likeness (QED) is 0.454.